The molecule has 0 saturated carbocycles. The summed E-state index contributed by atoms with van der Waals surface area (Å²) >= 11 is 0. The van der Waals surface area contributed by atoms with Crippen LogP contribution in [0.3, 0.4) is 0 Å². The van der Waals surface area contributed by atoms with Gasteiger partial charge in [0.05, 0.1) is 0 Å². The molecule has 19 heavy (non-hydrogen) atoms. The van der Waals surface area contributed by atoms with Crippen LogP contribution in [0.4, 0.5) is 8.78 Å². The molecular weight excluding hydrogens is 250 g/mol. The summed E-state index contributed by atoms with van der Waals surface area (Å²) in [5.41, 5.74) is 7.00. The van der Waals surface area contributed by atoms with Crippen LogP contribution in [-0.4, -0.2) is 30.6 Å². The molecule has 1 fully saturated rings. The van der Waals surface area contributed by atoms with Gasteiger partial charge in [0, 0.05) is 25.2 Å². The largest absolute Gasteiger partial charge is 0.435 e. The molecule has 1 unspecified atom stereocenters. The summed E-state index contributed by atoms with van der Waals surface area (Å²) in [4.78, 5) is 2.37. The normalized spacial score (nSPS) is 19.6. The fraction of sp³-hybridized carbons (Fsp3) is 0.571. The van der Waals surface area contributed by atoms with E-state index in [4.69, 9.17) is 5.73 Å². The third kappa shape index (κ3) is 3.88. The highest BCUT2D eigenvalue weighted by atomic mass is 19.3. The molecule has 1 aliphatic rings. The van der Waals surface area contributed by atoms with Gasteiger partial charge in [-0.15, -0.1) is 0 Å². The van der Waals surface area contributed by atoms with Gasteiger partial charge in [-0.1, -0.05) is 12.1 Å². The Hall–Kier alpha value is -1.20. The molecule has 1 aromatic rings. The Labute approximate surface area is 112 Å². The summed E-state index contributed by atoms with van der Waals surface area (Å²) in [7, 11) is 0. The van der Waals surface area contributed by atoms with E-state index in [2.05, 4.69) is 16.6 Å². The Kier molecular flexibility index (Phi) is 4.71. The van der Waals surface area contributed by atoms with Crippen molar-refractivity contribution in [3.8, 4) is 5.75 Å². The van der Waals surface area contributed by atoms with Gasteiger partial charge in [-0.3, -0.25) is 4.90 Å². The molecule has 5 heteroatoms. The summed E-state index contributed by atoms with van der Waals surface area (Å²) in [6, 6.07) is 7.45. The Morgan fingerprint density at radius 3 is 2.32 bits per heavy atom. The van der Waals surface area contributed by atoms with E-state index < -0.39 is 6.61 Å². The number of rotatable bonds is 4. The fourth-order valence-corrected chi connectivity index (χ4v) is 2.45. The van der Waals surface area contributed by atoms with E-state index in [0.29, 0.717) is 6.04 Å². The minimum atomic E-state index is -2.77. The predicted octanol–water partition coefficient (Wildman–Crippen LogP) is 2.77. The Balaban J connectivity index is 1.97. The molecule has 2 N–H and O–H groups in total. The van der Waals surface area contributed by atoms with Gasteiger partial charge in [0.2, 0.25) is 0 Å². The number of hydrogen-bond acceptors (Lipinski definition) is 3. The Bertz CT molecular complexity index is 389. The van der Waals surface area contributed by atoms with Crippen LogP contribution in [0.15, 0.2) is 24.3 Å². The molecule has 0 aromatic heterocycles. The summed E-state index contributed by atoms with van der Waals surface area (Å²) < 4.78 is 28.5. The van der Waals surface area contributed by atoms with Crippen molar-refractivity contribution in [2.45, 2.75) is 38.5 Å². The van der Waals surface area contributed by atoms with Crippen molar-refractivity contribution >= 4 is 0 Å². The van der Waals surface area contributed by atoms with Crippen molar-refractivity contribution in [1.82, 2.24) is 4.90 Å². The molecule has 106 valence electrons. The quantitative estimate of drug-likeness (QED) is 0.914. The van der Waals surface area contributed by atoms with E-state index in [9.17, 15) is 8.78 Å². The second-order valence-electron chi connectivity index (χ2n) is 5.00. The van der Waals surface area contributed by atoms with Gasteiger partial charge in [-0.2, -0.15) is 8.78 Å². The van der Waals surface area contributed by atoms with Crippen molar-refractivity contribution in [2.24, 2.45) is 5.73 Å². The van der Waals surface area contributed by atoms with Gasteiger partial charge in [0.1, 0.15) is 5.75 Å². The minimum Gasteiger partial charge on any atom is -0.435 e. The number of benzene rings is 1. The zero-order valence-electron chi connectivity index (χ0n) is 11.1. The second-order valence-corrected chi connectivity index (χ2v) is 5.00. The summed E-state index contributed by atoms with van der Waals surface area (Å²) in [6.45, 7) is 1.32. The zero-order valence-corrected chi connectivity index (χ0v) is 11.1. The maximum Gasteiger partial charge on any atom is 0.387 e. The molecule has 0 aliphatic carbocycles. The summed E-state index contributed by atoms with van der Waals surface area (Å²) in [6.07, 6.45) is 2.02. The van der Waals surface area contributed by atoms with Gasteiger partial charge in [-0.05, 0) is 37.5 Å². The lowest BCUT2D eigenvalue weighted by Gasteiger charge is -2.35. The molecule has 2 rings (SSSR count). The number of nitrogens with two attached hydrogens (primary N) is 1. The first kappa shape index (κ1) is 14.2. The SMILES string of the molecule is CC(c1ccc(OC(F)F)cc1)N1CCC(N)CC1. The average molecular weight is 270 g/mol. The first-order valence-corrected chi connectivity index (χ1v) is 6.60. The number of halogens is 2. The monoisotopic (exact) mass is 270 g/mol. The number of piperidine rings is 1. The van der Waals surface area contributed by atoms with Crippen LogP contribution in [0.5, 0.6) is 5.75 Å². The van der Waals surface area contributed by atoms with Crippen molar-refractivity contribution < 1.29 is 13.5 Å². The first-order valence-electron chi connectivity index (χ1n) is 6.60. The molecular formula is C14H20F2N2O. The Morgan fingerprint density at radius 2 is 1.79 bits per heavy atom. The molecule has 1 saturated heterocycles. The van der Waals surface area contributed by atoms with Crippen LogP contribution in [0, 0.1) is 0 Å². The van der Waals surface area contributed by atoms with Crippen LogP contribution >= 0.6 is 0 Å². The number of nitrogens with zero attached hydrogens (tertiary/aromatic N) is 1. The third-order valence-electron chi connectivity index (χ3n) is 3.71. The van der Waals surface area contributed by atoms with E-state index in [-0.39, 0.29) is 11.8 Å². The average Bonchev–Trinajstić information content (AvgIpc) is 2.39. The number of alkyl halides is 2. The summed E-state index contributed by atoms with van der Waals surface area (Å²) in [5, 5.41) is 0. The molecule has 0 radical (unpaired) electrons. The topological polar surface area (TPSA) is 38.5 Å². The standard InChI is InChI=1S/C14H20F2N2O/c1-10(18-8-6-12(17)7-9-18)11-2-4-13(5-3-11)19-14(15)16/h2-5,10,12,14H,6-9,17H2,1H3. The minimum absolute atomic E-state index is 0.201. The lowest BCUT2D eigenvalue weighted by molar-refractivity contribution is -0.0498. The second kappa shape index (κ2) is 6.30. The lowest BCUT2D eigenvalue weighted by Crippen LogP contribution is -2.40. The zero-order chi connectivity index (χ0) is 13.8. The van der Waals surface area contributed by atoms with Crippen LogP contribution < -0.4 is 10.5 Å². The van der Waals surface area contributed by atoms with Crippen molar-refractivity contribution in [1.29, 1.82) is 0 Å². The molecule has 1 atom stereocenters. The van der Waals surface area contributed by atoms with E-state index in [1.54, 1.807) is 12.1 Å². The maximum absolute atomic E-state index is 12.1. The molecule has 1 aliphatic heterocycles. The van der Waals surface area contributed by atoms with Gasteiger partial charge in [0.15, 0.2) is 0 Å². The molecule has 0 amide bonds. The molecule has 0 bridgehead atoms. The van der Waals surface area contributed by atoms with Crippen molar-refractivity contribution in [3.63, 3.8) is 0 Å². The molecule has 1 aromatic carbocycles. The smallest absolute Gasteiger partial charge is 0.387 e. The third-order valence-corrected chi connectivity index (χ3v) is 3.71. The predicted molar refractivity (Wildman–Crippen MR) is 70.3 cm³/mol. The van der Waals surface area contributed by atoms with E-state index in [1.165, 1.54) is 0 Å². The number of hydrogen-bond donors (Lipinski definition) is 1. The van der Waals surface area contributed by atoms with E-state index in [0.717, 1.165) is 31.5 Å². The van der Waals surface area contributed by atoms with Gasteiger partial charge < -0.3 is 10.5 Å². The highest BCUT2D eigenvalue weighted by Gasteiger charge is 2.21. The number of ether oxygens (including phenoxy) is 1. The Morgan fingerprint density at radius 1 is 1.21 bits per heavy atom. The van der Waals surface area contributed by atoms with Gasteiger partial charge in [0.25, 0.3) is 0 Å². The molecule has 0 spiro atoms. The van der Waals surface area contributed by atoms with Gasteiger partial charge >= 0.3 is 6.61 Å². The van der Waals surface area contributed by atoms with Crippen LogP contribution in [-0.2, 0) is 0 Å². The van der Waals surface area contributed by atoms with Gasteiger partial charge in [-0.25, -0.2) is 0 Å². The van der Waals surface area contributed by atoms with Crippen molar-refractivity contribution in [2.75, 3.05) is 13.1 Å². The van der Waals surface area contributed by atoms with E-state index >= 15 is 0 Å². The van der Waals surface area contributed by atoms with Crippen LogP contribution in [0.2, 0.25) is 0 Å². The highest BCUT2D eigenvalue weighted by molar-refractivity contribution is 5.29. The van der Waals surface area contributed by atoms with Crippen LogP contribution in [0.25, 0.3) is 0 Å². The highest BCUT2D eigenvalue weighted by Crippen LogP contribution is 2.25. The molecule has 3 nitrogen and oxygen atoms in total. The van der Waals surface area contributed by atoms with Crippen LogP contribution in [0.1, 0.15) is 31.4 Å². The lowest BCUT2D eigenvalue weighted by atomic mass is 10.0. The summed E-state index contributed by atoms with van der Waals surface area (Å²) in [5.74, 6) is 0.201. The van der Waals surface area contributed by atoms with Crippen molar-refractivity contribution in [3.05, 3.63) is 29.8 Å². The number of likely N-dealkylation sites (tertiary alicyclic amines) is 1. The fourth-order valence-electron chi connectivity index (χ4n) is 2.45. The molecule has 1 heterocycles. The van der Waals surface area contributed by atoms with E-state index in [1.807, 2.05) is 12.1 Å². The first-order chi connectivity index (χ1) is 9.06. The maximum atomic E-state index is 12.1.